The summed E-state index contributed by atoms with van der Waals surface area (Å²) in [6.07, 6.45) is 5.59. The van der Waals surface area contributed by atoms with Gasteiger partial charge < -0.3 is 29.7 Å². The Balaban J connectivity index is 0.00000567. The lowest BCUT2D eigenvalue weighted by molar-refractivity contribution is -0.826. The number of nitrogens with two attached hydrogens (primary N) is 1. The second kappa shape index (κ2) is 18.4. The fraction of sp³-hybridized carbons (Fsp3) is 0.238. The number of rotatable bonds is 15. The van der Waals surface area contributed by atoms with Crippen LogP contribution in [-0.4, -0.2) is 84.0 Å². The highest BCUT2D eigenvalue weighted by molar-refractivity contribution is 7.90. The van der Waals surface area contributed by atoms with E-state index in [-0.39, 0.29) is 27.9 Å². The number of hydrogen-bond acceptors (Lipinski definition) is 10. The number of aromatic nitrogens is 3. The van der Waals surface area contributed by atoms with E-state index >= 15 is 0 Å². The molecule has 0 aliphatic carbocycles. The van der Waals surface area contributed by atoms with Crippen LogP contribution >= 0.6 is 0 Å². The number of benzene rings is 3. The fourth-order valence-electron chi connectivity index (χ4n) is 6.90. The van der Waals surface area contributed by atoms with Gasteiger partial charge in [0.2, 0.25) is 0 Å². The van der Waals surface area contributed by atoms with Crippen molar-refractivity contribution in [2.45, 2.75) is 30.7 Å². The number of anilines is 2. The maximum Gasteiger partial charge on any atom is 0.283 e. The van der Waals surface area contributed by atoms with Crippen LogP contribution in [0.2, 0.25) is 0 Å². The number of ether oxygens (including phenoxy) is 1. The van der Waals surface area contributed by atoms with Crippen LogP contribution < -0.4 is 25.2 Å². The molecule has 16 heteroatoms. The number of sulfonamides is 1. The van der Waals surface area contributed by atoms with E-state index in [0.29, 0.717) is 61.1 Å². The third-order valence-electron chi connectivity index (χ3n) is 9.93. The zero-order valence-corrected chi connectivity index (χ0v) is 33.0. The molecule has 0 bridgehead atoms. The standard InChI is InChI=1S/C42H44N8O6S.H2O/c1-48(2)22-19-29(28-56-32-11-4-3-5-12-32)24-31-17-18-33(25-37(31)46-53)57(54,55)47-42(52)36-14-9-16-39(43-36)50-23-20-30-10-8-13-34(35(30)26-50)41(51)45-38-27-49-21-7-6-15-40(49)44-38;/h3-18,21,25,27,29,46,53H,19-20,22-24,26,28H2,1-2H3,(H,45,51)(H,47,52);1H2/p+1/t29-;/m0./s1. The number of amides is 2. The minimum atomic E-state index is -4.35. The third-order valence-corrected chi connectivity index (χ3v) is 11.3. The van der Waals surface area contributed by atoms with Crippen molar-refractivity contribution in [2.24, 2.45) is 5.92 Å². The maximum atomic E-state index is 13.5. The van der Waals surface area contributed by atoms with Crippen LogP contribution in [0.5, 0.6) is 5.75 Å². The van der Waals surface area contributed by atoms with Crippen molar-refractivity contribution in [3.63, 3.8) is 0 Å². The number of nitrogens with one attached hydrogen (secondary N) is 2. The summed E-state index contributed by atoms with van der Waals surface area (Å²) in [5.74, 6) is 0.536. The molecule has 6 aromatic rings. The van der Waals surface area contributed by atoms with Crippen LogP contribution in [0.25, 0.3) is 5.65 Å². The Morgan fingerprint density at radius 1 is 0.948 bits per heavy atom. The first kappa shape index (κ1) is 41.5. The molecule has 1 atom stereocenters. The molecule has 0 saturated carbocycles. The molecule has 58 heavy (non-hydrogen) atoms. The SMILES string of the molecule is CN(C)CC[C@H](COc1ccccc1)Cc1ccc(S(=O)(=O)NC(=O)c2cccc(N3CCc4cccc(C(=O)Nc5cn6ccccc6n5)c4C3)n2)cc1[NH2+]O.O. The molecule has 4 heterocycles. The highest BCUT2D eigenvalue weighted by atomic mass is 32.2. The van der Waals surface area contributed by atoms with E-state index in [1.165, 1.54) is 18.2 Å². The quantitative estimate of drug-likeness (QED) is 0.0876. The van der Waals surface area contributed by atoms with Crippen LogP contribution in [0.15, 0.2) is 120 Å². The van der Waals surface area contributed by atoms with Gasteiger partial charge in [0, 0.05) is 36.5 Å². The fourth-order valence-corrected chi connectivity index (χ4v) is 7.90. The summed E-state index contributed by atoms with van der Waals surface area (Å²) in [5, 5.41) is 13.1. The number of carbonyl (C=O) groups is 2. The molecule has 0 spiro atoms. The first-order chi connectivity index (χ1) is 27.6. The third kappa shape index (κ3) is 9.85. The van der Waals surface area contributed by atoms with E-state index in [0.717, 1.165) is 40.9 Å². The number of pyridine rings is 2. The lowest BCUT2D eigenvalue weighted by atomic mass is 9.94. The van der Waals surface area contributed by atoms with Gasteiger partial charge in [-0.25, -0.2) is 28.3 Å². The summed E-state index contributed by atoms with van der Waals surface area (Å²) < 4.78 is 37.1. The predicted octanol–water partition coefficient (Wildman–Crippen LogP) is 3.61. The average molecular weight is 808 g/mol. The Kier molecular flexibility index (Phi) is 13.2. The number of para-hydroxylation sites is 1. The second-order valence-corrected chi connectivity index (χ2v) is 15.9. The number of fused-ring (bicyclic) bond motifs is 2. The molecular formula is C42H47N8O7S+. The van der Waals surface area contributed by atoms with Gasteiger partial charge in [-0.2, -0.15) is 5.48 Å². The zero-order chi connectivity index (χ0) is 39.9. The minimum absolute atomic E-state index is 0. The van der Waals surface area contributed by atoms with Gasteiger partial charge in [0.1, 0.15) is 22.9 Å². The van der Waals surface area contributed by atoms with Crippen LogP contribution in [0.3, 0.4) is 0 Å². The van der Waals surface area contributed by atoms with Crippen molar-refractivity contribution in [1.82, 2.24) is 24.0 Å². The van der Waals surface area contributed by atoms with Crippen molar-refractivity contribution in [2.75, 3.05) is 44.0 Å². The van der Waals surface area contributed by atoms with Gasteiger partial charge in [0.15, 0.2) is 11.5 Å². The molecule has 1 aliphatic heterocycles. The molecule has 2 amide bonds. The normalized spacial score (nSPS) is 13.1. The molecule has 0 radical (unpaired) electrons. The van der Waals surface area contributed by atoms with Gasteiger partial charge >= 0.3 is 0 Å². The molecule has 302 valence electrons. The van der Waals surface area contributed by atoms with Crippen molar-refractivity contribution >= 4 is 44.8 Å². The Morgan fingerprint density at radius 2 is 1.74 bits per heavy atom. The van der Waals surface area contributed by atoms with Gasteiger partial charge in [-0.3, -0.25) is 9.59 Å². The largest absolute Gasteiger partial charge is 0.493 e. The van der Waals surface area contributed by atoms with Gasteiger partial charge in [0.25, 0.3) is 21.8 Å². The number of imidazole rings is 1. The lowest BCUT2D eigenvalue weighted by Crippen LogP contribution is -2.74. The van der Waals surface area contributed by atoms with Crippen molar-refractivity contribution < 1.29 is 38.9 Å². The monoisotopic (exact) mass is 807 g/mol. The van der Waals surface area contributed by atoms with Crippen LogP contribution in [0.4, 0.5) is 17.3 Å². The van der Waals surface area contributed by atoms with Crippen LogP contribution in [0.1, 0.15) is 44.0 Å². The summed E-state index contributed by atoms with van der Waals surface area (Å²) in [6, 6.07) is 30.0. The molecule has 15 nitrogen and oxygen atoms in total. The number of nitrogens with zero attached hydrogens (tertiary/aromatic N) is 5. The second-order valence-electron chi connectivity index (χ2n) is 14.3. The topological polar surface area (TPSA) is 207 Å². The van der Waals surface area contributed by atoms with Gasteiger partial charge in [-0.1, -0.05) is 48.5 Å². The molecule has 7 N–H and O–H groups in total. The van der Waals surface area contributed by atoms with Crippen molar-refractivity contribution in [3.8, 4) is 5.75 Å². The maximum absolute atomic E-state index is 13.5. The summed E-state index contributed by atoms with van der Waals surface area (Å²) in [6.45, 7) is 2.18. The summed E-state index contributed by atoms with van der Waals surface area (Å²) in [7, 11) is -0.351. The Bertz CT molecular complexity index is 2460. The molecule has 0 unspecified atom stereocenters. The first-order valence-electron chi connectivity index (χ1n) is 18.6. The van der Waals surface area contributed by atoms with E-state index in [2.05, 4.69) is 24.9 Å². The van der Waals surface area contributed by atoms with E-state index in [1.807, 2.05) is 90.3 Å². The summed E-state index contributed by atoms with van der Waals surface area (Å²) in [5.41, 5.74) is 4.95. The molecule has 1 aliphatic rings. The van der Waals surface area contributed by atoms with E-state index in [1.54, 1.807) is 30.5 Å². The molecule has 3 aromatic carbocycles. The minimum Gasteiger partial charge on any atom is -0.493 e. The zero-order valence-electron chi connectivity index (χ0n) is 32.2. The van der Waals surface area contributed by atoms with Gasteiger partial charge in [-0.15, -0.1) is 0 Å². The predicted molar refractivity (Wildman–Crippen MR) is 219 cm³/mol. The first-order valence-corrected chi connectivity index (χ1v) is 20.1. The van der Waals surface area contributed by atoms with Gasteiger partial charge in [0.05, 0.1) is 17.7 Å². The van der Waals surface area contributed by atoms with E-state index in [4.69, 9.17) is 4.74 Å². The van der Waals surface area contributed by atoms with Crippen molar-refractivity contribution in [1.29, 1.82) is 0 Å². The Morgan fingerprint density at radius 3 is 2.52 bits per heavy atom. The average Bonchev–Trinajstić information content (AvgIpc) is 3.64. The smallest absolute Gasteiger partial charge is 0.283 e. The molecule has 7 rings (SSSR count). The summed E-state index contributed by atoms with van der Waals surface area (Å²) in [4.78, 5) is 39.8. The number of carbonyl (C=O) groups excluding carboxylic acids is 2. The highest BCUT2D eigenvalue weighted by Gasteiger charge is 2.26. The van der Waals surface area contributed by atoms with Gasteiger partial charge in [-0.05, 0) is 105 Å². The Labute approximate surface area is 336 Å². The van der Waals surface area contributed by atoms with Crippen LogP contribution in [0, 0.1) is 5.92 Å². The summed E-state index contributed by atoms with van der Waals surface area (Å²) >= 11 is 0. The van der Waals surface area contributed by atoms with E-state index < -0.39 is 15.9 Å². The molecule has 0 fully saturated rings. The molecule has 0 saturated heterocycles. The van der Waals surface area contributed by atoms with Crippen LogP contribution in [-0.2, 0) is 29.4 Å². The lowest BCUT2D eigenvalue weighted by Gasteiger charge is -2.31. The number of quaternary nitrogens is 1. The highest BCUT2D eigenvalue weighted by Crippen LogP contribution is 2.28. The van der Waals surface area contributed by atoms with E-state index in [9.17, 15) is 23.2 Å². The Hall–Kier alpha value is -6.17. The van der Waals surface area contributed by atoms with Crippen molar-refractivity contribution in [3.05, 3.63) is 143 Å². The molecular weight excluding hydrogens is 761 g/mol. The number of hydrogen-bond donors (Lipinski definition) is 4. The molecule has 3 aromatic heterocycles.